The van der Waals surface area contributed by atoms with Gasteiger partial charge in [-0.25, -0.2) is 0 Å². The van der Waals surface area contributed by atoms with Gasteiger partial charge in [0.05, 0.1) is 0 Å². The van der Waals surface area contributed by atoms with Crippen molar-refractivity contribution in [1.82, 2.24) is 25.4 Å². The third-order valence-corrected chi connectivity index (χ3v) is 5.05. The fourth-order valence-electron chi connectivity index (χ4n) is 3.52. The van der Waals surface area contributed by atoms with Crippen molar-refractivity contribution >= 4 is 29.9 Å². The van der Waals surface area contributed by atoms with Crippen LogP contribution >= 0.6 is 24.0 Å². The van der Waals surface area contributed by atoms with Crippen LogP contribution in [-0.2, 0) is 25.9 Å². The van der Waals surface area contributed by atoms with E-state index < -0.39 is 0 Å². The van der Waals surface area contributed by atoms with Crippen LogP contribution in [0.3, 0.4) is 0 Å². The molecule has 1 aromatic heterocycles. The molecule has 1 aliphatic heterocycles. The van der Waals surface area contributed by atoms with Crippen LogP contribution < -0.4 is 15.4 Å². The molecule has 8 heteroatoms. The number of para-hydroxylation sites is 1. The molecule has 164 valence electrons. The predicted molar refractivity (Wildman–Crippen MR) is 132 cm³/mol. The van der Waals surface area contributed by atoms with E-state index >= 15 is 0 Å². The molecule has 0 aliphatic carbocycles. The number of ether oxygens (including phenoxy) is 1. The van der Waals surface area contributed by atoms with Gasteiger partial charge < -0.3 is 19.9 Å². The zero-order valence-electron chi connectivity index (χ0n) is 17.8. The van der Waals surface area contributed by atoms with Crippen molar-refractivity contribution in [2.24, 2.45) is 4.99 Å². The molecule has 0 spiro atoms. The minimum Gasteiger partial charge on any atom is -0.489 e. The molecule has 2 aromatic rings. The number of fused-ring (bicyclic) bond motifs is 1. The number of aliphatic imine (C=N–C) groups is 1. The number of aromatic nitrogens is 3. The van der Waals surface area contributed by atoms with Crippen LogP contribution in [0.15, 0.2) is 41.9 Å². The smallest absolute Gasteiger partial charge is 0.191 e. The van der Waals surface area contributed by atoms with Gasteiger partial charge in [0, 0.05) is 45.1 Å². The quantitative estimate of drug-likeness (QED) is 0.173. The first kappa shape index (κ1) is 24.2. The van der Waals surface area contributed by atoms with Gasteiger partial charge in [0.15, 0.2) is 5.96 Å². The predicted octanol–water partition coefficient (Wildman–Crippen LogP) is 3.49. The number of hydrogen-bond acceptors (Lipinski definition) is 4. The van der Waals surface area contributed by atoms with E-state index in [9.17, 15) is 0 Å². The summed E-state index contributed by atoms with van der Waals surface area (Å²) >= 11 is 0. The van der Waals surface area contributed by atoms with Crippen molar-refractivity contribution in [3.8, 4) is 5.75 Å². The van der Waals surface area contributed by atoms with E-state index in [2.05, 4.69) is 43.0 Å². The number of nitrogens with one attached hydrogen (secondary N) is 2. The highest BCUT2D eigenvalue weighted by molar-refractivity contribution is 14.0. The van der Waals surface area contributed by atoms with Crippen molar-refractivity contribution < 1.29 is 4.74 Å². The number of hydrogen-bond donors (Lipinski definition) is 2. The first-order chi connectivity index (χ1) is 14.3. The van der Waals surface area contributed by atoms with Crippen LogP contribution in [0.4, 0.5) is 0 Å². The molecule has 0 bridgehead atoms. The zero-order chi connectivity index (χ0) is 20.3. The second-order valence-electron chi connectivity index (χ2n) is 7.16. The van der Waals surface area contributed by atoms with Gasteiger partial charge in [-0.05, 0) is 25.3 Å². The van der Waals surface area contributed by atoms with Gasteiger partial charge in [0.2, 0.25) is 0 Å². The zero-order valence-corrected chi connectivity index (χ0v) is 20.1. The molecule has 2 N–H and O–H groups in total. The lowest BCUT2D eigenvalue weighted by atomic mass is 10.2. The SMILES string of the molecule is C=CCOc1ccccc1CNC(=NC)NCCCc1nnc2n1CCCCC2.I. The largest absolute Gasteiger partial charge is 0.489 e. The molecule has 0 saturated carbocycles. The van der Waals surface area contributed by atoms with Crippen molar-refractivity contribution in [3.05, 3.63) is 54.1 Å². The highest BCUT2D eigenvalue weighted by atomic mass is 127. The van der Waals surface area contributed by atoms with Gasteiger partial charge in [-0.2, -0.15) is 0 Å². The van der Waals surface area contributed by atoms with Gasteiger partial charge in [-0.3, -0.25) is 4.99 Å². The summed E-state index contributed by atoms with van der Waals surface area (Å²) in [6.07, 6.45) is 8.45. The van der Waals surface area contributed by atoms with Crippen LogP contribution in [0, 0.1) is 0 Å². The van der Waals surface area contributed by atoms with E-state index in [1.165, 1.54) is 19.3 Å². The summed E-state index contributed by atoms with van der Waals surface area (Å²) in [6.45, 7) is 6.73. The summed E-state index contributed by atoms with van der Waals surface area (Å²) in [5, 5.41) is 15.5. The second-order valence-corrected chi connectivity index (χ2v) is 7.16. The van der Waals surface area contributed by atoms with E-state index in [1.807, 2.05) is 18.2 Å². The Morgan fingerprint density at radius 3 is 2.93 bits per heavy atom. The van der Waals surface area contributed by atoms with E-state index in [0.717, 1.165) is 61.3 Å². The minimum absolute atomic E-state index is 0. The Morgan fingerprint density at radius 1 is 1.23 bits per heavy atom. The van der Waals surface area contributed by atoms with Gasteiger partial charge in [-0.15, -0.1) is 34.2 Å². The fourth-order valence-corrected chi connectivity index (χ4v) is 3.52. The number of aryl methyl sites for hydroxylation is 2. The molecule has 0 unspecified atom stereocenters. The van der Waals surface area contributed by atoms with Gasteiger partial charge in [0.25, 0.3) is 0 Å². The highest BCUT2D eigenvalue weighted by Crippen LogP contribution is 2.17. The van der Waals surface area contributed by atoms with Gasteiger partial charge in [-0.1, -0.05) is 37.3 Å². The number of guanidine groups is 1. The Kier molecular flexibility index (Phi) is 10.7. The summed E-state index contributed by atoms with van der Waals surface area (Å²) in [5.41, 5.74) is 1.09. The van der Waals surface area contributed by atoms with Crippen molar-refractivity contribution in [1.29, 1.82) is 0 Å². The summed E-state index contributed by atoms with van der Waals surface area (Å²) < 4.78 is 8.03. The molecule has 0 fully saturated rings. The Morgan fingerprint density at radius 2 is 2.10 bits per heavy atom. The molecular weight excluding hydrogens is 491 g/mol. The van der Waals surface area contributed by atoms with E-state index in [4.69, 9.17) is 4.74 Å². The third-order valence-electron chi connectivity index (χ3n) is 5.05. The summed E-state index contributed by atoms with van der Waals surface area (Å²) in [7, 11) is 1.79. The van der Waals surface area contributed by atoms with E-state index in [-0.39, 0.29) is 24.0 Å². The van der Waals surface area contributed by atoms with Crippen LogP contribution in [0.5, 0.6) is 5.75 Å². The Bertz CT molecular complexity index is 820. The molecule has 0 saturated heterocycles. The van der Waals surface area contributed by atoms with Crippen molar-refractivity contribution in [3.63, 3.8) is 0 Å². The maximum absolute atomic E-state index is 5.71. The fraction of sp³-hybridized carbons (Fsp3) is 0.500. The monoisotopic (exact) mass is 524 g/mol. The molecule has 2 heterocycles. The average molecular weight is 524 g/mol. The first-order valence-electron chi connectivity index (χ1n) is 10.5. The van der Waals surface area contributed by atoms with Crippen LogP contribution in [-0.4, -0.2) is 40.9 Å². The number of rotatable bonds is 9. The van der Waals surface area contributed by atoms with E-state index in [0.29, 0.717) is 13.2 Å². The van der Waals surface area contributed by atoms with Crippen LogP contribution in [0.1, 0.15) is 42.9 Å². The molecule has 1 aliphatic rings. The maximum atomic E-state index is 5.71. The summed E-state index contributed by atoms with van der Waals surface area (Å²) in [5.74, 6) is 3.91. The lowest BCUT2D eigenvalue weighted by molar-refractivity contribution is 0.358. The summed E-state index contributed by atoms with van der Waals surface area (Å²) in [6, 6.07) is 8.00. The molecular formula is C22H33IN6O. The molecule has 30 heavy (non-hydrogen) atoms. The van der Waals surface area contributed by atoms with Crippen molar-refractivity contribution in [2.45, 2.75) is 51.6 Å². The first-order valence-corrected chi connectivity index (χ1v) is 10.5. The second kappa shape index (κ2) is 13.3. The Labute approximate surface area is 196 Å². The molecule has 7 nitrogen and oxygen atoms in total. The highest BCUT2D eigenvalue weighted by Gasteiger charge is 2.14. The normalized spacial score (nSPS) is 13.6. The van der Waals surface area contributed by atoms with Crippen LogP contribution in [0.2, 0.25) is 0 Å². The summed E-state index contributed by atoms with van der Waals surface area (Å²) in [4.78, 5) is 4.32. The molecule has 0 radical (unpaired) electrons. The number of nitrogens with zero attached hydrogens (tertiary/aromatic N) is 4. The lowest BCUT2D eigenvalue weighted by Gasteiger charge is -2.14. The number of benzene rings is 1. The van der Waals surface area contributed by atoms with E-state index in [1.54, 1.807) is 13.1 Å². The molecule has 3 rings (SSSR count). The average Bonchev–Trinajstić information content (AvgIpc) is 2.98. The third kappa shape index (κ3) is 7.00. The topological polar surface area (TPSA) is 76.4 Å². The molecule has 0 amide bonds. The Hall–Kier alpha value is -2.10. The van der Waals surface area contributed by atoms with Gasteiger partial charge in [0.1, 0.15) is 24.0 Å². The standard InChI is InChI=1S/C22H32N6O.HI/c1-3-16-29-19-11-7-6-10-18(19)17-25-22(23-2)24-14-9-13-21-27-26-20-12-5-4-8-15-28(20)21;/h3,6-7,10-11H,1,4-5,8-9,12-17H2,2H3,(H2,23,24,25);1H. The molecule has 1 aromatic carbocycles. The van der Waals surface area contributed by atoms with Crippen molar-refractivity contribution in [2.75, 3.05) is 20.2 Å². The number of halogens is 1. The van der Waals surface area contributed by atoms with Gasteiger partial charge >= 0.3 is 0 Å². The lowest BCUT2D eigenvalue weighted by Crippen LogP contribution is -2.37. The molecule has 0 atom stereocenters. The maximum Gasteiger partial charge on any atom is 0.191 e. The minimum atomic E-state index is 0. The van der Waals surface area contributed by atoms with Crippen LogP contribution in [0.25, 0.3) is 0 Å². The Balaban J connectivity index is 0.00000320.